The van der Waals surface area contributed by atoms with E-state index in [1.807, 2.05) is 0 Å². The van der Waals surface area contributed by atoms with Gasteiger partial charge in [-0.1, -0.05) is 18.2 Å². The van der Waals surface area contributed by atoms with Crippen LogP contribution in [0.3, 0.4) is 0 Å². The molecule has 1 fully saturated rings. The van der Waals surface area contributed by atoms with Gasteiger partial charge in [0.1, 0.15) is 13.3 Å². The Morgan fingerprint density at radius 1 is 0.889 bits per heavy atom. The number of benzene rings is 1. The van der Waals surface area contributed by atoms with Crippen LogP contribution in [0.25, 0.3) is 0 Å². The molecule has 2 heterocycles. The molecule has 6 nitrogen and oxygen atoms in total. The lowest BCUT2D eigenvalue weighted by Gasteiger charge is -2.36. The minimum atomic E-state index is -1.69. The van der Waals surface area contributed by atoms with E-state index in [1.54, 1.807) is 0 Å². The highest BCUT2D eigenvalue weighted by Gasteiger charge is 2.45. The zero-order chi connectivity index (χ0) is 19.3. The number of hydrogen-bond acceptors (Lipinski definition) is 6. The van der Waals surface area contributed by atoms with Crippen LogP contribution in [0.15, 0.2) is 41.5 Å². The van der Waals surface area contributed by atoms with Crippen LogP contribution in [0, 0.1) is 5.92 Å². The molecular weight excluding hydrogens is 362 g/mol. The molecule has 1 unspecified atom stereocenters. The Balaban J connectivity index is 1.79. The molecule has 0 N–H and O–H groups in total. The van der Waals surface area contributed by atoms with Crippen molar-refractivity contribution >= 4 is 23.9 Å². The molecule has 1 aliphatic carbocycles. The van der Waals surface area contributed by atoms with Crippen LogP contribution in [-0.2, 0) is 24.5 Å². The molecule has 3 aliphatic rings. The third-order valence-electron chi connectivity index (χ3n) is 5.27. The number of rotatable bonds is 4. The van der Waals surface area contributed by atoms with Gasteiger partial charge in [0.05, 0.1) is 27.7 Å². The summed E-state index contributed by atoms with van der Waals surface area (Å²) in [6.45, 7) is -2.24. The smallest absolute Gasteiger partial charge is 0.346 e. The Hall–Kier alpha value is -3.16. The number of cyclic esters (lactones) is 4. The highest BCUT2D eigenvalue weighted by molar-refractivity contribution is 6.18. The fraction of sp³-hybridized carbons (Fsp3) is 0.263. The van der Waals surface area contributed by atoms with Crippen LogP contribution >= 0.6 is 0 Å². The van der Waals surface area contributed by atoms with Gasteiger partial charge >= 0.3 is 23.9 Å². The Bertz CT molecular complexity index is 970. The fourth-order valence-corrected chi connectivity index (χ4v) is 3.66. The third kappa shape index (κ3) is 2.36. The Kier molecular flexibility index (Phi) is 3.80. The maximum Gasteiger partial charge on any atom is 0.346 e. The molecular formula is C19H12F2O6. The van der Waals surface area contributed by atoms with Gasteiger partial charge in [-0.3, -0.25) is 0 Å². The standard InChI is InChI=1S/C19H12F2O6/c20-7-19(8-21,9-1-3-11-13(5-9)17(24)26-15(11)22)10-2-4-12-14(6-10)18(25)27-16(12)23/h1,3-6,10H,2,7-8H2. The molecule has 2 aliphatic heterocycles. The first-order valence-corrected chi connectivity index (χ1v) is 8.13. The Morgan fingerprint density at radius 3 is 2.22 bits per heavy atom. The molecule has 0 bridgehead atoms. The second-order valence-corrected chi connectivity index (χ2v) is 6.58. The maximum absolute atomic E-state index is 14.2. The van der Waals surface area contributed by atoms with E-state index in [4.69, 9.17) is 0 Å². The molecule has 138 valence electrons. The molecule has 0 spiro atoms. The van der Waals surface area contributed by atoms with Crippen LogP contribution in [0.4, 0.5) is 8.78 Å². The highest BCUT2D eigenvalue weighted by atomic mass is 19.1. The molecule has 0 saturated carbocycles. The summed E-state index contributed by atoms with van der Waals surface area (Å²) in [5.74, 6) is -4.12. The number of alkyl halides is 2. The molecule has 8 heteroatoms. The monoisotopic (exact) mass is 374 g/mol. The number of carbonyl (C=O) groups is 4. The van der Waals surface area contributed by atoms with Crippen LogP contribution < -0.4 is 0 Å². The highest BCUT2D eigenvalue weighted by Crippen LogP contribution is 2.43. The summed E-state index contributed by atoms with van der Waals surface area (Å²) in [6, 6.07) is 3.91. The van der Waals surface area contributed by atoms with E-state index in [0.29, 0.717) is 0 Å². The summed E-state index contributed by atoms with van der Waals surface area (Å²) in [7, 11) is 0. The van der Waals surface area contributed by atoms with Gasteiger partial charge in [0.15, 0.2) is 0 Å². The van der Waals surface area contributed by atoms with Gasteiger partial charge in [-0.15, -0.1) is 0 Å². The van der Waals surface area contributed by atoms with Gasteiger partial charge in [0.25, 0.3) is 0 Å². The summed E-state index contributed by atoms with van der Waals surface area (Å²) >= 11 is 0. The first-order valence-electron chi connectivity index (χ1n) is 8.13. The zero-order valence-corrected chi connectivity index (χ0v) is 13.8. The van der Waals surface area contributed by atoms with E-state index >= 15 is 0 Å². The third-order valence-corrected chi connectivity index (χ3v) is 5.27. The van der Waals surface area contributed by atoms with Crippen molar-refractivity contribution < 1.29 is 37.4 Å². The van der Waals surface area contributed by atoms with Crippen molar-refractivity contribution in [3.05, 3.63) is 58.2 Å². The zero-order valence-electron chi connectivity index (χ0n) is 13.8. The quantitative estimate of drug-likeness (QED) is 0.593. The van der Waals surface area contributed by atoms with Crippen LogP contribution in [-0.4, -0.2) is 37.2 Å². The molecule has 1 atom stereocenters. The first kappa shape index (κ1) is 17.3. The number of fused-ring (bicyclic) bond motifs is 2. The molecule has 27 heavy (non-hydrogen) atoms. The van der Waals surface area contributed by atoms with Crippen molar-refractivity contribution in [1.29, 1.82) is 0 Å². The van der Waals surface area contributed by atoms with Gasteiger partial charge in [-0.25, -0.2) is 28.0 Å². The molecule has 4 rings (SSSR count). The Morgan fingerprint density at radius 2 is 1.52 bits per heavy atom. The second kappa shape index (κ2) is 5.94. The van der Waals surface area contributed by atoms with E-state index in [9.17, 15) is 28.0 Å². The van der Waals surface area contributed by atoms with E-state index < -0.39 is 48.6 Å². The van der Waals surface area contributed by atoms with Gasteiger partial charge in [0, 0.05) is 0 Å². The molecule has 1 aromatic rings. The summed E-state index contributed by atoms with van der Waals surface area (Å²) in [4.78, 5) is 46.8. The summed E-state index contributed by atoms with van der Waals surface area (Å²) in [6.07, 6.45) is 2.88. The SMILES string of the molecule is O=C1OC(=O)C2=CC(C(CF)(CF)c3ccc4c(c3)C(=O)OC4=O)CC=C12. The summed E-state index contributed by atoms with van der Waals surface area (Å²) < 4.78 is 37.4. The first-order chi connectivity index (χ1) is 12.9. The summed E-state index contributed by atoms with van der Waals surface area (Å²) in [5.41, 5.74) is -1.48. The van der Waals surface area contributed by atoms with Crippen molar-refractivity contribution in [2.75, 3.05) is 13.3 Å². The second-order valence-electron chi connectivity index (χ2n) is 6.58. The number of esters is 4. The van der Waals surface area contributed by atoms with E-state index in [0.717, 1.165) is 0 Å². The van der Waals surface area contributed by atoms with Gasteiger partial charge < -0.3 is 9.47 Å². The molecule has 0 radical (unpaired) electrons. The van der Waals surface area contributed by atoms with E-state index in [1.165, 1.54) is 30.4 Å². The van der Waals surface area contributed by atoms with E-state index in [-0.39, 0.29) is 34.3 Å². The number of hydrogen-bond donors (Lipinski definition) is 0. The maximum atomic E-state index is 14.2. The summed E-state index contributed by atoms with van der Waals surface area (Å²) in [5, 5.41) is 0. The lowest BCUT2D eigenvalue weighted by Crippen LogP contribution is -2.40. The average Bonchev–Trinajstić information content (AvgIpc) is 3.12. The predicted molar refractivity (Wildman–Crippen MR) is 85.2 cm³/mol. The van der Waals surface area contributed by atoms with E-state index in [2.05, 4.69) is 9.47 Å². The van der Waals surface area contributed by atoms with Gasteiger partial charge in [-0.2, -0.15) is 0 Å². The largest absolute Gasteiger partial charge is 0.386 e. The van der Waals surface area contributed by atoms with Crippen LogP contribution in [0.2, 0.25) is 0 Å². The average molecular weight is 374 g/mol. The van der Waals surface area contributed by atoms with Gasteiger partial charge in [-0.05, 0) is 30.0 Å². The van der Waals surface area contributed by atoms with Crippen molar-refractivity contribution in [2.24, 2.45) is 5.92 Å². The van der Waals surface area contributed by atoms with Crippen LogP contribution in [0.5, 0.6) is 0 Å². The van der Waals surface area contributed by atoms with Crippen molar-refractivity contribution in [3.63, 3.8) is 0 Å². The predicted octanol–water partition coefficient (Wildman–Crippen LogP) is 2.13. The van der Waals surface area contributed by atoms with Crippen molar-refractivity contribution in [2.45, 2.75) is 11.8 Å². The molecule has 0 amide bonds. The molecule has 1 saturated heterocycles. The van der Waals surface area contributed by atoms with Crippen molar-refractivity contribution in [3.8, 4) is 0 Å². The topological polar surface area (TPSA) is 86.7 Å². The Labute approximate surface area is 151 Å². The minimum absolute atomic E-state index is 0.0155. The lowest BCUT2D eigenvalue weighted by molar-refractivity contribution is -0.149. The molecule has 1 aromatic carbocycles. The normalized spacial score (nSPS) is 21.3. The molecule has 0 aromatic heterocycles. The van der Waals surface area contributed by atoms with Gasteiger partial charge in [0.2, 0.25) is 0 Å². The number of ether oxygens (including phenoxy) is 2. The minimum Gasteiger partial charge on any atom is -0.386 e. The van der Waals surface area contributed by atoms with Crippen LogP contribution in [0.1, 0.15) is 32.7 Å². The fourth-order valence-electron chi connectivity index (χ4n) is 3.66. The number of carbonyl (C=O) groups excluding carboxylic acids is 4. The lowest BCUT2D eigenvalue weighted by atomic mass is 9.68. The van der Waals surface area contributed by atoms with Crippen molar-refractivity contribution in [1.82, 2.24) is 0 Å². The number of halogens is 2. The number of allylic oxidation sites excluding steroid dienone is 2.